The van der Waals surface area contributed by atoms with Crippen LogP contribution in [0.4, 0.5) is 11.5 Å². The minimum absolute atomic E-state index is 0.239. The van der Waals surface area contributed by atoms with E-state index in [0.717, 1.165) is 31.7 Å². The highest BCUT2D eigenvalue weighted by molar-refractivity contribution is 5.54. The van der Waals surface area contributed by atoms with Gasteiger partial charge in [0.15, 0.2) is 0 Å². The van der Waals surface area contributed by atoms with Gasteiger partial charge in [0.05, 0.1) is 12.8 Å². The lowest BCUT2D eigenvalue weighted by Crippen LogP contribution is -2.37. The molecule has 0 amide bonds. The van der Waals surface area contributed by atoms with Gasteiger partial charge in [-0.15, -0.1) is 0 Å². The third-order valence-electron chi connectivity index (χ3n) is 3.17. The summed E-state index contributed by atoms with van der Waals surface area (Å²) in [5, 5.41) is 9.21. The highest BCUT2D eigenvalue weighted by atomic mass is 16.5. The van der Waals surface area contributed by atoms with E-state index in [1.807, 2.05) is 12.1 Å². The molecule has 1 atom stereocenters. The Morgan fingerprint density at radius 3 is 3.12 bits per heavy atom. The van der Waals surface area contributed by atoms with Crippen molar-refractivity contribution in [2.24, 2.45) is 5.92 Å². The number of nitrogen functional groups attached to an aromatic ring is 1. The number of aromatic nitrogens is 1. The second kappa shape index (κ2) is 5.23. The van der Waals surface area contributed by atoms with Gasteiger partial charge in [-0.05, 0) is 30.9 Å². The molecule has 0 saturated carbocycles. The molecule has 1 fully saturated rings. The number of rotatable bonds is 3. The second-order valence-corrected chi connectivity index (χ2v) is 4.40. The number of anilines is 2. The van der Waals surface area contributed by atoms with E-state index in [1.54, 1.807) is 7.11 Å². The van der Waals surface area contributed by atoms with E-state index in [9.17, 15) is 5.11 Å². The summed E-state index contributed by atoms with van der Waals surface area (Å²) in [6.07, 6.45) is 2.17. The average Bonchev–Trinajstić information content (AvgIpc) is 2.39. The summed E-state index contributed by atoms with van der Waals surface area (Å²) in [4.78, 5) is 6.55. The van der Waals surface area contributed by atoms with E-state index in [2.05, 4.69) is 9.88 Å². The van der Waals surface area contributed by atoms with Crippen LogP contribution in [0.15, 0.2) is 12.1 Å². The standard InChI is InChI=1S/C12H19N3O2/c1-17-12-10(13)4-5-11(14-12)15-6-2-3-9(7-15)8-16/h4-5,9,16H,2-3,6-8,13H2,1H3. The maximum absolute atomic E-state index is 9.21. The molecule has 0 bridgehead atoms. The number of hydrogen-bond acceptors (Lipinski definition) is 5. The van der Waals surface area contributed by atoms with Gasteiger partial charge >= 0.3 is 0 Å². The van der Waals surface area contributed by atoms with E-state index < -0.39 is 0 Å². The minimum Gasteiger partial charge on any atom is -0.479 e. The van der Waals surface area contributed by atoms with Gasteiger partial charge in [0, 0.05) is 19.7 Å². The molecule has 1 saturated heterocycles. The van der Waals surface area contributed by atoms with Crippen LogP contribution in [0.3, 0.4) is 0 Å². The van der Waals surface area contributed by atoms with E-state index in [-0.39, 0.29) is 6.61 Å². The lowest BCUT2D eigenvalue weighted by atomic mass is 9.99. The Morgan fingerprint density at radius 2 is 2.41 bits per heavy atom. The van der Waals surface area contributed by atoms with Crippen molar-refractivity contribution >= 4 is 11.5 Å². The highest BCUT2D eigenvalue weighted by Gasteiger charge is 2.20. The molecule has 0 spiro atoms. The Labute approximate surface area is 101 Å². The van der Waals surface area contributed by atoms with Crippen molar-refractivity contribution in [3.8, 4) is 5.88 Å². The zero-order chi connectivity index (χ0) is 12.3. The van der Waals surface area contributed by atoms with Crippen molar-refractivity contribution in [2.75, 3.05) is 37.4 Å². The zero-order valence-electron chi connectivity index (χ0n) is 10.1. The number of piperidine rings is 1. The van der Waals surface area contributed by atoms with Crippen molar-refractivity contribution < 1.29 is 9.84 Å². The molecule has 0 radical (unpaired) electrons. The molecular formula is C12H19N3O2. The van der Waals surface area contributed by atoms with Crippen LogP contribution >= 0.6 is 0 Å². The molecule has 2 heterocycles. The Balaban J connectivity index is 2.16. The van der Waals surface area contributed by atoms with Crippen LogP contribution in [-0.4, -0.2) is 36.9 Å². The molecular weight excluding hydrogens is 218 g/mol. The number of aliphatic hydroxyl groups excluding tert-OH is 1. The van der Waals surface area contributed by atoms with E-state index in [1.165, 1.54) is 0 Å². The Kier molecular flexibility index (Phi) is 3.68. The first-order chi connectivity index (χ1) is 8.24. The number of hydrogen-bond donors (Lipinski definition) is 2. The van der Waals surface area contributed by atoms with Crippen molar-refractivity contribution in [3.05, 3.63) is 12.1 Å². The first kappa shape index (κ1) is 12.0. The van der Waals surface area contributed by atoms with Crippen LogP contribution < -0.4 is 15.4 Å². The van der Waals surface area contributed by atoms with Crippen molar-refractivity contribution in [3.63, 3.8) is 0 Å². The molecule has 5 nitrogen and oxygen atoms in total. The van der Waals surface area contributed by atoms with Crippen LogP contribution in [0.2, 0.25) is 0 Å². The van der Waals surface area contributed by atoms with Crippen LogP contribution in [-0.2, 0) is 0 Å². The molecule has 3 N–H and O–H groups in total. The molecule has 1 aromatic heterocycles. The van der Waals surface area contributed by atoms with Gasteiger partial charge in [-0.3, -0.25) is 0 Å². The third-order valence-corrected chi connectivity index (χ3v) is 3.17. The first-order valence-electron chi connectivity index (χ1n) is 5.91. The summed E-state index contributed by atoms with van der Waals surface area (Å²) in [5.41, 5.74) is 6.29. The quantitative estimate of drug-likeness (QED) is 0.816. The number of nitrogens with zero attached hydrogens (tertiary/aromatic N) is 2. The summed E-state index contributed by atoms with van der Waals surface area (Å²) >= 11 is 0. The largest absolute Gasteiger partial charge is 0.479 e. The zero-order valence-corrected chi connectivity index (χ0v) is 10.1. The molecule has 94 valence electrons. The summed E-state index contributed by atoms with van der Waals surface area (Å²) in [6.45, 7) is 2.05. The monoisotopic (exact) mass is 237 g/mol. The average molecular weight is 237 g/mol. The topological polar surface area (TPSA) is 71.6 Å². The fraction of sp³-hybridized carbons (Fsp3) is 0.583. The molecule has 5 heteroatoms. The van der Waals surface area contributed by atoms with E-state index >= 15 is 0 Å². The van der Waals surface area contributed by atoms with Gasteiger partial charge in [-0.2, -0.15) is 4.98 Å². The van der Waals surface area contributed by atoms with Crippen LogP contribution in [0, 0.1) is 5.92 Å². The third kappa shape index (κ3) is 2.61. The second-order valence-electron chi connectivity index (χ2n) is 4.40. The summed E-state index contributed by atoms with van der Waals surface area (Å²) in [6, 6.07) is 3.71. The van der Waals surface area contributed by atoms with Gasteiger partial charge in [-0.25, -0.2) is 0 Å². The van der Waals surface area contributed by atoms with E-state index in [0.29, 0.717) is 17.5 Å². The normalized spacial score (nSPS) is 20.4. The Bertz CT molecular complexity index is 384. The van der Waals surface area contributed by atoms with Crippen molar-refractivity contribution in [1.82, 2.24) is 4.98 Å². The maximum atomic E-state index is 9.21. The Morgan fingerprint density at radius 1 is 1.59 bits per heavy atom. The predicted octanol–water partition coefficient (Wildman–Crippen LogP) is 0.881. The summed E-state index contributed by atoms with van der Waals surface area (Å²) in [5.74, 6) is 1.68. The number of aliphatic hydroxyl groups is 1. The molecule has 2 rings (SSSR count). The molecule has 0 aromatic carbocycles. The van der Waals surface area contributed by atoms with Gasteiger partial charge < -0.3 is 20.5 Å². The SMILES string of the molecule is COc1nc(N2CCCC(CO)C2)ccc1N. The fourth-order valence-corrected chi connectivity index (χ4v) is 2.20. The van der Waals surface area contributed by atoms with Gasteiger partial charge in [-0.1, -0.05) is 0 Å². The smallest absolute Gasteiger partial charge is 0.238 e. The van der Waals surface area contributed by atoms with Crippen molar-refractivity contribution in [1.29, 1.82) is 0 Å². The maximum Gasteiger partial charge on any atom is 0.238 e. The molecule has 1 aliphatic rings. The lowest BCUT2D eigenvalue weighted by Gasteiger charge is -2.32. The minimum atomic E-state index is 0.239. The van der Waals surface area contributed by atoms with Crippen LogP contribution in [0.25, 0.3) is 0 Å². The Hall–Kier alpha value is -1.49. The van der Waals surface area contributed by atoms with Crippen molar-refractivity contribution in [2.45, 2.75) is 12.8 Å². The number of ether oxygens (including phenoxy) is 1. The molecule has 0 aliphatic carbocycles. The lowest BCUT2D eigenvalue weighted by molar-refractivity contribution is 0.208. The molecule has 1 aromatic rings. The highest BCUT2D eigenvalue weighted by Crippen LogP contribution is 2.26. The molecule has 1 aliphatic heterocycles. The first-order valence-corrected chi connectivity index (χ1v) is 5.91. The number of methoxy groups -OCH3 is 1. The van der Waals surface area contributed by atoms with Crippen LogP contribution in [0.1, 0.15) is 12.8 Å². The van der Waals surface area contributed by atoms with Gasteiger partial charge in [0.2, 0.25) is 5.88 Å². The predicted molar refractivity (Wildman–Crippen MR) is 67.2 cm³/mol. The number of pyridine rings is 1. The number of nitrogens with two attached hydrogens (primary N) is 1. The summed E-state index contributed by atoms with van der Waals surface area (Å²) < 4.78 is 5.12. The molecule has 17 heavy (non-hydrogen) atoms. The summed E-state index contributed by atoms with van der Waals surface area (Å²) in [7, 11) is 1.56. The fourth-order valence-electron chi connectivity index (χ4n) is 2.20. The van der Waals surface area contributed by atoms with Gasteiger partial charge in [0.1, 0.15) is 5.82 Å². The van der Waals surface area contributed by atoms with Gasteiger partial charge in [0.25, 0.3) is 0 Å². The molecule has 1 unspecified atom stereocenters. The van der Waals surface area contributed by atoms with E-state index in [4.69, 9.17) is 10.5 Å². The van der Waals surface area contributed by atoms with Crippen LogP contribution in [0.5, 0.6) is 5.88 Å².